The van der Waals surface area contributed by atoms with E-state index < -0.39 is 6.10 Å². The summed E-state index contributed by atoms with van der Waals surface area (Å²) in [5.41, 5.74) is 9.13. The summed E-state index contributed by atoms with van der Waals surface area (Å²) in [5.74, 6) is 1.59. The highest BCUT2D eigenvalue weighted by Gasteiger charge is 2.15. The summed E-state index contributed by atoms with van der Waals surface area (Å²) in [5, 5.41) is 9.76. The number of nitrogens with two attached hydrogens (primary N) is 1. The molecule has 1 fully saturated rings. The van der Waals surface area contributed by atoms with Crippen LogP contribution in [0.3, 0.4) is 0 Å². The van der Waals surface area contributed by atoms with Crippen LogP contribution in [0, 0.1) is 0 Å². The SMILES string of the molecule is CC(O)c1nccn1C/C=C/c1ccc(-c2ccc(OCCN3CCN(CCN)CC3)cc2)cc1. The van der Waals surface area contributed by atoms with Gasteiger partial charge in [-0.1, -0.05) is 48.6 Å². The molecule has 186 valence electrons. The van der Waals surface area contributed by atoms with E-state index in [0.29, 0.717) is 19.0 Å². The smallest absolute Gasteiger partial charge is 0.137 e. The summed E-state index contributed by atoms with van der Waals surface area (Å²) < 4.78 is 7.93. The number of aliphatic hydroxyl groups excluding tert-OH is 1. The van der Waals surface area contributed by atoms with Crippen molar-refractivity contribution in [2.45, 2.75) is 19.6 Å². The van der Waals surface area contributed by atoms with Crippen molar-refractivity contribution >= 4 is 6.08 Å². The van der Waals surface area contributed by atoms with Gasteiger partial charge >= 0.3 is 0 Å². The molecular weight excluding hydrogens is 438 g/mol. The van der Waals surface area contributed by atoms with Gasteiger partial charge in [-0.2, -0.15) is 0 Å². The quantitative estimate of drug-likeness (QED) is 0.443. The lowest BCUT2D eigenvalue weighted by Crippen LogP contribution is -2.48. The lowest BCUT2D eigenvalue weighted by molar-refractivity contribution is 0.119. The Morgan fingerprint density at radius 1 is 0.971 bits per heavy atom. The average molecular weight is 476 g/mol. The molecule has 1 aliphatic heterocycles. The highest BCUT2D eigenvalue weighted by molar-refractivity contribution is 5.66. The fourth-order valence-electron chi connectivity index (χ4n) is 4.39. The van der Waals surface area contributed by atoms with Crippen molar-refractivity contribution in [3.63, 3.8) is 0 Å². The molecule has 3 N–H and O–H groups in total. The minimum absolute atomic E-state index is 0.572. The Hall–Kier alpha value is -2.97. The molecule has 1 saturated heterocycles. The van der Waals surface area contributed by atoms with Gasteiger partial charge < -0.3 is 20.1 Å². The van der Waals surface area contributed by atoms with Gasteiger partial charge in [0.15, 0.2) is 0 Å². The van der Waals surface area contributed by atoms with Crippen LogP contribution >= 0.6 is 0 Å². The van der Waals surface area contributed by atoms with Crippen LogP contribution in [0.15, 0.2) is 67.0 Å². The summed E-state index contributed by atoms with van der Waals surface area (Å²) in [6, 6.07) is 16.8. The topological polar surface area (TPSA) is 79.8 Å². The Kier molecular flexibility index (Phi) is 9.08. The fourth-order valence-corrected chi connectivity index (χ4v) is 4.39. The minimum Gasteiger partial charge on any atom is -0.492 e. The molecule has 2 heterocycles. The molecule has 0 amide bonds. The molecule has 1 aromatic heterocycles. The van der Waals surface area contributed by atoms with Crippen LogP contribution in [0.2, 0.25) is 0 Å². The van der Waals surface area contributed by atoms with Gasteiger partial charge in [0.25, 0.3) is 0 Å². The monoisotopic (exact) mass is 475 g/mol. The molecule has 0 spiro atoms. The first-order valence-corrected chi connectivity index (χ1v) is 12.5. The van der Waals surface area contributed by atoms with Crippen LogP contribution in [0.1, 0.15) is 24.4 Å². The standard InChI is InChI=1S/C28H37N5O2/c1-23(34)28-30-13-16-33(28)14-2-3-24-4-6-25(7-5-24)26-8-10-27(11-9-26)35-22-21-32-19-17-31(15-12-29)18-20-32/h2-11,13,16,23,34H,12,14-15,17-22,29H2,1H3/b3-2+. The normalized spacial score (nSPS) is 16.1. The maximum absolute atomic E-state index is 9.76. The van der Waals surface area contributed by atoms with Crippen LogP contribution in [-0.2, 0) is 6.54 Å². The zero-order valence-corrected chi connectivity index (χ0v) is 20.6. The third-order valence-electron chi connectivity index (χ3n) is 6.42. The molecule has 35 heavy (non-hydrogen) atoms. The summed E-state index contributed by atoms with van der Waals surface area (Å²) in [4.78, 5) is 9.08. The molecule has 7 heteroatoms. The molecule has 7 nitrogen and oxygen atoms in total. The molecule has 0 saturated carbocycles. The van der Waals surface area contributed by atoms with Gasteiger partial charge in [0.2, 0.25) is 0 Å². The summed E-state index contributed by atoms with van der Waals surface area (Å²) in [6.45, 7) is 10.1. The first-order chi connectivity index (χ1) is 17.1. The predicted octanol–water partition coefficient (Wildman–Crippen LogP) is 3.27. The number of hydrogen-bond donors (Lipinski definition) is 2. The van der Waals surface area contributed by atoms with E-state index in [1.165, 1.54) is 11.1 Å². The van der Waals surface area contributed by atoms with Crippen molar-refractivity contribution in [3.8, 4) is 16.9 Å². The Morgan fingerprint density at radius 2 is 1.60 bits per heavy atom. The Labute approximate surface area is 208 Å². The highest BCUT2D eigenvalue weighted by Crippen LogP contribution is 2.23. The largest absolute Gasteiger partial charge is 0.492 e. The number of aliphatic hydroxyl groups is 1. The molecule has 0 radical (unpaired) electrons. The molecule has 3 aromatic rings. The average Bonchev–Trinajstić information content (AvgIpc) is 3.35. The number of imidazole rings is 1. The van der Waals surface area contributed by atoms with E-state index >= 15 is 0 Å². The number of aromatic nitrogens is 2. The van der Waals surface area contributed by atoms with E-state index in [2.05, 4.69) is 63.3 Å². The molecule has 1 aliphatic rings. The van der Waals surface area contributed by atoms with Crippen LogP contribution in [0.25, 0.3) is 17.2 Å². The highest BCUT2D eigenvalue weighted by atomic mass is 16.5. The second-order valence-electron chi connectivity index (χ2n) is 8.98. The van der Waals surface area contributed by atoms with E-state index in [1.807, 2.05) is 22.9 Å². The number of allylic oxidation sites excluding steroid dienone is 1. The number of piperazine rings is 1. The van der Waals surface area contributed by atoms with Gasteiger partial charge in [0, 0.05) is 64.8 Å². The number of hydrogen-bond acceptors (Lipinski definition) is 6. The van der Waals surface area contributed by atoms with Gasteiger partial charge in [-0.25, -0.2) is 4.98 Å². The van der Waals surface area contributed by atoms with Gasteiger partial charge in [0.1, 0.15) is 24.3 Å². The van der Waals surface area contributed by atoms with Gasteiger partial charge in [-0.3, -0.25) is 9.80 Å². The molecule has 0 aliphatic carbocycles. The van der Waals surface area contributed by atoms with Gasteiger partial charge in [-0.05, 0) is 35.7 Å². The first-order valence-electron chi connectivity index (χ1n) is 12.5. The van der Waals surface area contributed by atoms with E-state index in [4.69, 9.17) is 10.5 Å². The second kappa shape index (κ2) is 12.7. The predicted molar refractivity (Wildman–Crippen MR) is 141 cm³/mol. The summed E-state index contributed by atoms with van der Waals surface area (Å²) in [6.07, 6.45) is 7.19. The lowest BCUT2D eigenvalue weighted by atomic mass is 10.0. The van der Waals surface area contributed by atoms with Gasteiger partial charge in [-0.15, -0.1) is 0 Å². The Bertz CT molecular complexity index is 1050. The molecule has 0 bridgehead atoms. The van der Waals surface area contributed by atoms with Crippen molar-refractivity contribution in [3.05, 3.63) is 78.4 Å². The third-order valence-corrected chi connectivity index (χ3v) is 6.42. The maximum Gasteiger partial charge on any atom is 0.137 e. The Morgan fingerprint density at radius 3 is 2.23 bits per heavy atom. The van der Waals surface area contributed by atoms with Crippen molar-refractivity contribution in [1.29, 1.82) is 0 Å². The molecule has 2 aromatic carbocycles. The van der Waals surface area contributed by atoms with Crippen LogP contribution in [0.4, 0.5) is 0 Å². The van der Waals surface area contributed by atoms with E-state index in [-0.39, 0.29) is 0 Å². The zero-order chi connectivity index (χ0) is 24.5. The fraction of sp³-hybridized carbons (Fsp3) is 0.393. The third kappa shape index (κ3) is 7.26. The minimum atomic E-state index is -0.572. The van der Waals surface area contributed by atoms with Crippen molar-refractivity contribution in [1.82, 2.24) is 19.4 Å². The number of benzene rings is 2. The van der Waals surface area contributed by atoms with E-state index in [1.54, 1.807) is 13.1 Å². The summed E-state index contributed by atoms with van der Waals surface area (Å²) in [7, 11) is 0. The van der Waals surface area contributed by atoms with Crippen molar-refractivity contribution in [2.24, 2.45) is 5.73 Å². The van der Waals surface area contributed by atoms with Crippen LogP contribution in [0.5, 0.6) is 5.75 Å². The maximum atomic E-state index is 9.76. The van der Waals surface area contributed by atoms with Gasteiger partial charge in [0.05, 0.1) is 0 Å². The van der Waals surface area contributed by atoms with Crippen molar-refractivity contribution < 1.29 is 9.84 Å². The molecule has 1 atom stereocenters. The van der Waals surface area contributed by atoms with Crippen LogP contribution in [-0.4, -0.2) is 76.9 Å². The number of ether oxygens (including phenoxy) is 1. The second-order valence-corrected chi connectivity index (χ2v) is 8.98. The molecule has 4 rings (SSSR count). The first kappa shape index (κ1) is 25.1. The zero-order valence-electron chi connectivity index (χ0n) is 20.6. The number of rotatable bonds is 11. The lowest BCUT2D eigenvalue weighted by Gasteiger charge is -2.34. The van der Waals surface area contributed by atoms with Crippen molar-refractivity contribution in [2.75, 3.05) is 52.4 Å². The molecular formula is C28H37N5O2. The van der Waals surface area contributed by atoms with E-state index in [0.717, 1.165) is 57.1 Å². The number of nitrogens with zero attached hydrogens (tertiary/aromatic N) is 4. The Balaban J connectivity index is 1.23. The summed E-state index contributed by atoms with van der Waals surface area (Å²) >= 11 is 0. The van der Waals surface area contributed by atoms with Crippen LogP contribution < -0.4 is 10.5 Å². The molecule has 1 unspecified atom stereocenters. The van der Waals surface area contributed by atoms with E-state index in [9.17, 15) is 5.11 Å².